The Kier molecular flexibility index (Phi) is 14.6. The monoisotopic (exact) mass is 939 g/mol. The summed E-state index contributed by atoms with van der Waals surface area (Å²) < 4.78 is 5.95. The van der Waals surface area contributed by atoms with Gasteiger partial charge in [-0.1, -0.05) is 168 Å². The third-order valence-corrected chi connectivity index (χ3v) is 13.6. The lowest BCUT2D eigenvalue weighted by atomic mass is 9.98. The van der Waals surface area contributed by atoms with Crippen LogP contribution >= 0.6 is 0 Å². The van der Waals surface area contributed by atoms with Crippen molar-refractivity contribution in [2.45, 2.75) is 69.2 Å². The molecule has 0 aromatic heterocycles. The fraction of sp³-hybridized carbons (Fsp3) is 0.159. The first-order valence-electron chi connectivity index (χ1n) is 25.3. The molecule has 0 saturated heterocycles. The van der Waals surface area contributed by atoms with Crippen LogP contribution in [0.25, 0.3) is 46.6 Å². The summed E-state index contributed by atoms with van der Waals surface area (Å²) in [5.41, 5.74) is 27.5. The zero-order valence-electron chi connectivity index (χ0n) is 43.6. The predicted octanol–water partition coefficient (Wildman–Crippen LogP) is 19.5. The van der Waals surface area contributed by atoms with E-state index in [1.165, 1.54) is 94.8 Å². The smallest absolute Gasteiger partial charge is 0.126 e. The van der Waals surface area contributed by atoms with E-state index in [4.69, 9.17) is 4.74 Å². The summed E-state index contributed by atoms with van der Waals surface area (Å²) in [5.74, 6) is 0.912. The largest absolute Gasteiger partial charge is 0.493 e. The molecule has 9 aromatic carbocycles. The third-order valence-electron chi connectivity index (χ3n) is 13.6. The molecule has 3 heteroatoms. The average Bonchev–Trinajstić information content (AvgIpc) is 3.36. The number of aryl methyl sites for hydroxylation is 9. The normalized spacial score (nSPS) is 11.4. The van der Waals surface area contributed by atoms with Gasteiger partial charge in [-0.3, -0.25) is 0 Å². The number of rotatable bonds is 14. The van der Waals surface area contributed by atoms with Gasteiger partial charge in [-0.05, 0) is 196 Å². The second-order valence-electron chi connectivity index (χ2n) is 19.5. The Balaban J connectivity index is 0.958. The highest BCUT2D eigenvalue weighted by Gasteiger charge is 2.20. The van der Waals surface area contributed by atoms with E-state index in [9.17, 15) is 0 Å². The molecule has 9 aromatic rings. The lowest BCUT2D eigenvalue weighted by molar-refractivity contribution is 0.339. The van der Waals surface area contributed by atoms with Crippen LogP contribution in [0.2, 0.25) is 0 Å². The highest BCUT2D eigenvalue weighted by molar-refractivity contribution is 5.85. The van der Waals surface area contributed by atoms with Gasteiger partial charge in [0.25, 0.3) is 0 Å². The van der Waals surface area contributed by atoms with Gasteiger partial charge in [0.15, 0.2) is 0 Å². The molecule has 0 aliphatic heterocycles. The quantitative estimate of drug-likeness (QED) is 0.101. The van der Waals surface area contributed by atoms with Crippen LogP contribution in [-0.2, 0) is 0 Å². The summed E-state index contributed by atoms with van der Waals surface area (Å²) in [4.78, 5) is 4.80. The summed E-state index contributed by atoms with van der Waals surface area (Å²) in [7, 11) is 0. The van der Waals surface area contributed by atoms with Crippen molar-refractivity contribution in [3.8, 4) is 28.0 Å². The number of hydrogen-bond acceptors (Lipinski definition) is 3. The number of anilines is 6. The van der Waals surface area contributed by atoms with Gasteiger partial charge < -0.3 is 14.5 Å². The molecule has 0 N–H and O–H groups in total. The van der Waals surface area contributed by atoms with Crippen LogP contribution in [0.4, 0.5) is 34.1 Å². The molecular weight excluding hydrogens is 873 g/mol. The number of nitrogens with zero attached hydrogens (tertiary/aromatic N) is 2. The van der Waals surface area contributed by atoms with Crippen LogP contribution in [0.5, 0.6) is 5.75 Å². The highest BCUT2D eigenvalue weighted by atomic mass is 16.5. The van der Waals surface area contributed by atoms with Crippen molar-refractivity contribution in [2.24, 2.45) is 0 Å². The Morgan fingerprint density at radius 3 is 1.01 bits per heavy atom. The van der Waals surface area contributed by atoms with E-state index in [-0.39, 0.29) is 0 Å². The fourth-order valence-corrected chi connectivity index (χ4v) is 10.2. The van der Waals surface area contributed by atoms with Gasteiger partial charge >= 0.3 is 0 Å². The maximum absolute atomic E-state index is 5.95. The molecule has 0 heterocycles. The molecule has 0 atom stereocenters. The Bertz CT molecular complexity index is 3370. The van der Waals surface area contributed by atoms with Crippen molar-refractivity contribution in [3.63, 3.8) is 0 Å². The first-order chi connectivity index (χ1) is 34.8. The van der Waals surface area contributed by atoms with Gasteiger partial charge in [0.2, 0.25) is 0 Å². The van der Waals surface area contributed by atoms with E-state index < -0.39 is 0 Å². The van der Waals surface area contributed by atoms with Gasteiger partial charge in [-0.15, -0.1) is 0 Å². The van der Waals surface area contributed by atoms with E-state index >= 15 is 0 Å². The Morgan fingerprint density at radius 1 is 0.319 bits per heavy atom. The van der Waals surface area contributed by atoms with Crippen molar-refractivity contribution in [1.82, 2.24) is 0 Å². The molecule has 0 aliphatic carbocycles. The molecule has 0 unspecified atom stereocenters. The van der Waals surface area contributed by atoms with Crippen LogP contribution < -0.4 is 14.5 Å². The summed E-state index contributed by atoms with van der Waals surface area (Å²) in [6.45, 7) is 22.3. The van der Waals surface area contributed by atoms with Crippen molar-refractivity contribution >= 4 is 58.4 Å². The topological polar surface area (TPSA) is 15.7 Å². The van der Waals surface area contributed by atoms with E-state index in [1.807, 2.05) is 6.92 Å². The van der Waals surface area contributed by atoms with Crippen LogP contribution in [0, 0.1) is 62.3 Å². The second kappa shape index (κ2) is 21.5. The SMILES string of the molecule is CCOc1cc(C)ccc1/C=C/c1ccc(N(c2ccc(-c3ccc(-c4ccc(N(c5ccc(/C=C/c6ccc(C)cc6C)cc5)c5c(C)cc(C)cc5C)cc4)cc3)cc2)c2c(C)cc(C)cc2C)cc1. The van der Waals surface area contributed by atoms with Crippen molar-refractivity contribution in [1.29, 1.82) is 0 Å². The number of ether oxygens (including phenoxy) is 1. The summed E-state index contributed by atoms with van der Waals surface area (Å²) >= 11 is 0. The molecule has 0 saturated carbocycles. The summed E-state index contributed by atoms with van der Waals surface area (Å²) in [6, 6.07) is 66.8. The van der Waals surface area contributed by atoms with E-state index in [2.05, 4.69) is 278 Å². The summed E-state index contributed by atoms with van der Waals surface area (Å²) in [5, 5.41) is 0. The molecule has 3 nitrogen and oxygen atoms in total. The van der Waals surface area contributed by atoms with E-state index in [0.29, 0.717) is 6.61 Å². The molecule has 358 valence electrons. The average molecular weight is 939 g/mol. The number of hydrogen-bond donors (Lipinski definition) is 0. The molecule has 0 spiro atoms. The molecule has 9 rings (SSSR count). The molecular formula is C69H66N2O. The van der Waals surface area contributed by atoms with Gasteiger partial charge in [-0.2, -0.15) is 0 Å². The molecule has 0 radical (unpaired) electrons. The van der Waals surface area contributed by atoms with Gasteiger partial charge in [0.05, 0.1) is 18.0 Å². The van der Waals surface area contributed by atoms with Crippen LogP contribution in [0.15, 0.2) is 182 Å². The second-order valence-corrected chi connectivity index (χ2v) is 19.5. The van der Waals surface area contributed by atoms with Crippen molar-refractivity contribution in [3.05, 3.63) is 254 Å². The van der Waals surface area contributed by atoms with Gasteiger partial charge in [0.1, 0.15) is 5.75 Å². The van der Waals surface area contributed by atoms with E-state index in [0.717, 1.165) is 39.6 Å². The lowest BCUT2D eigenvalue weighted by Crippen LogP contribution is -2.13. The minimum absolute atomic E-state index is 0.635. The van der Waals surface area contributed by atoms with Crippen LogP contribution in [-0.4, -0.2) is 6.61 Å². The predicted molar refractivity (Wildman–Crippen MR) is 311 cm³/mol. The Labute approximate surface area is 429 Å². The van der Waals surface area contributed by atoms with Crippen molar-refractivity contribution < 1.29 is 4.74 Å². The van der Waals surface area contributed by atoms with E-state index in [1.54, 1.807) is 0 Å². The highest BCUT2D eigenvalue weighted by Crippen LogP contribution is 2.42. The molecule has 0 fully saturated rings. The Morgan fingerprint density at radius 2 is 0.639 bits per heavy atom. The van der Waals surface area contributed by atoms with Crippen molar-refractivity contribution in [2.75, 3.05) is 16.4 Å². The molecule has 0 bridgehead atoms. The standard InChI is InChI=1S/C69H66N2O/c1-11-72-67-45-47(3)13-21-62(67)23-15-56-18-34-64(35-19-56)71(69-53(9)43-49(5)44-54(69)10)66-38-30-61(31-39-66)59-26-24-58(25-27-59)60-28-36-65(37-29-60)70(68-51(7)41-48(4)42-52(68)8)63-32-16-55(17-33-63)14-22-57-20-12-46(2)40-50(57)6/h12-45H,11H2,1-10H3/b22-14+,23-15+. The molecule has 0 amide bonds. The first-order valence-corrected chi connectivity index (χ1v) is 25.3. The summed E-state index contributed by atoms with van der Waals surface area (Å²) in [6.07, 6.45) is 8.72. The zero-order chi connectivity index (χ0) is 50.5. The Hall–Kier alpha value is -8.14. The fourth-order valence-electron chi connectivity index (χ4n) is 10.2. The first kappa shape index (κ1) is 48.9. The zero-order valence-corrected chi connectivity index (χ0v) is 43.6. The van der Waals surface area contributed by atoms with Crippen LogP contribution in [0.3, 0.4) is 0 Å². The number of benzene rings is 9. The van der Waals surface area contributed by atoms with Crippen LogP contribution in [0.1, 0.15) is 79.2 Å². The molecule has 72 heavy (non-hydrogen) atoms. The third kappa shape index (κ3) is 10.9. The minimum atomic E-state index is 0.635. The van der Waals surface area contributed by atoms with Gasteiger partial charge in [0, 0.05) is 28.3 Å². The minimum Gasteiger partial charge on any atom is -0.493 e. The lowest BCUT2D eigenvalue weighted by Gasteiger charge is -2.29. The maximum Gasteiger partial charge on any atom is 0.126 e. The van der Waals surface area contributed by atoms with Gasteiger partial charge in [-0.25, -0.2) is 0 Å². The molecule has 0 aliphatic rings. The maximum atomic E-state index is 5.95.